The van der Waals surface area contributed by atoms with Crippen LogP contribution in [0.5, 0.6) is 5.75 Å². The number of benzene rings is 2. The van der Waals surface area contributed by atoms with Crippen LogP contribution in [-0.2, 0) is 16.6 Å². The lowest BCUT2D eigenvalue weighted by atomic mass is 9.86. The van der Waals surface area contributed by atoms with Gasteiger partial charge in [-0.2, -0.15) is 8.99 Å². The first kappa shape index (κ1) is 22.3. The van der Waals surface area contributed by atoms with Crippen molar-refractivity contribution in [3.63, 3.8) is 0 Å². The van der Waals surface area contributed by atoms with Crippen molar-refractivity contribution >= 4 is 10.0 Å². The SMILES string of the molecule is COc1cc(S(=O)(=O)N(Cc2ccccc2F)[C@H]2CCCC[C@H]2C)ccc1-n1cnnn1. The summed E-state index contributed by atoms with van der Waals surface area (Å²) in [7, 11) is -2.48. The Morgan fingerprint density at radius 2 is 1.97 bits per heavy atom. The summed E-state index contributed by atoms with van der Waals surface area (Å²) in [5.74, 6) is 0.0800. The van der Waals surface area contributed by atoms with Gasteiger partial charge in [0.15, 0.2) is 0 Å². The van der Waals surface area contributed by atoms with Crippen molar-refractivity contribution < 1.29 is 17.5 Å². The second kappa shape index (κ2) is 9.33. The number of methoxy groups -OCH3 is 1. The number of tetrazole rings is 1. The molecule has 1 aromatic heterocycles. The highest BCUT2D eigenvalue weighted by Gasteiger charge is 2.36. The van der Waals surface area contributed by atoms with Crippen molar-refractivity contribution in [1.82, 2.24) is 24.5 Å². The molecule has 0 radical (unpaired) electrons. The summed E-state index contributed by atoms with van der Waals surface area (Å²) in [5, 5.41) is 11.1. The Balaban J connectivity index is 1.76. The van der Waals surface area contributed by atoms with Gasteiger partial charge in [0.2, 0.25) is 10.0 Å². The molecule has 0 bridgehead atoms. The number of hydrogen-bond donors (Lipinski definition) is 0. The molecule has 8 nitrogen and oxygen atoms in total. The molecular weight excluding hydrogens is 433 g/mol. The van der Waals surface area contributed by atoms with Crippen molar-refractivity contribution in [2.75, 3.05) is 7.11 Å². The van der Waals surface area contributed by atoms with Crippen LogP contribution in [0.3, 0.4) is 0 Å². The van der Waals surface area contributed by atoms with Crippen LogP contribution in [0.2, 0.25) is 0 Å². The van der Waals surface area contributed by atoms with E-state index in [0.29, 0.717) is 17.0 Å². The van der Waals surface area contributed by atoms with Crippen molar-refractivity contribution in [2.45, 2.75) is 50.1 Å². The quantitative estimate of drug-likeness (QED) is 0.536. The Kier molecular flexibility index (Phi) is 6.52. The summed E-state index contributed by atoms with van der Waals surface area (Å²) in [5.41, 5.74) is 0.870. The van der Waals surface area contributed by atoms with E-state index >= 15 is 0 Å². The molecule has 3 aromatic rings. The van der Waals surface area contributed by atoms with Gasteiger partial charge in [-0.15, -0.1) is 5.10 Å². The van der Waals surface area contributed by atoms with Crippen LogP contribution < -0.4 is 4.74 Å². The molecule has 32 heavy (non-hydrogen) atoms. The fourth-order valence-electron chi connectivity index (χ4n) is 4.31. The molecule has 10 heteroatoms. The molecule has 0 saturated heterocycles. The van der Waals surface area contributed by atoms with Gasteiger partial charge in [0.25, 0.3) is 0 Å². The fourth-order valence-corrected chi connectivity index (χ4v) is 6.06. The van der Waals surface area contributed by atoms with Gasteiger partial charge in [-0.3, -0.25) is 0 Å². The molecule has 0 unspecified atom stereocenters. The maximum Gasteiger partial charge on any atom is 0.243 e. The molecule has 2 aromatic carbocycles. The predicted molar refractivity (Wildman–Crippen MR) is 116 cm³/mol. The molecular formula is C22H26FN5O3S. The lowest BCUT2D eigenvalue weighted by Crippen LogP contribution is -2.44. The molecule has 1 saturated carbocycles. The van der Waals surface area contributed by atoms with Crippen LogP contribution in [0.25, 0.3) is 5.69 Å². The number of rotatable bonds is 7. The zero-order valence-corrected chi connectivity index (χ0v) is 18.9. The van der Waals surface area contributed by atoms with Crippen LogP contribution in [-0.4, -0.2) is 46.1 Å². The van der Waals surface area contributed by atoms with Gasteiger partial charge in [0, 0.05) is 24.2 Å². The summed E-state index contributed by atoms with van der Waals surface area (Å²) >= 11 is 0. The third-order valence-electron chi connectivity index (χ3n) is 6.07. The zero-order valence-electron chi connectivity index (χ0n) is 18.1. The third kappa shape index (κ3) is 4.37. The molecule has 0 N–H and O–H groups in total. The standard InChI is InChI=1S/C22H26FN5O3S/c1-16-7-3-6-10-20(16)28(14-17-8-4-5-9-19(17)23)32(29,30)18-11-12-21(22(13-18)31-2)27-15-24-25-26-27/h4-5,8-9,11-13,15-16,20H,3,6-7,10,14H2,1-2H3/t16-,20+/m1/s1. The summed E-state index contributed by atoms with van der Waals surface area (Å²) < 4.78 is 50.5. The van der Waals surface area contributed by atoms with Crippen molar-refractivity contribution in [3.8, 4) is 11.4 Å². The molecule has 1 aliphatic carbocycles. The van der Waals surface area contributed by atoms with Gasteiger partial charge in [0.1, 0.15) is 23.6 Å². The average Bonchev–Trinajstić information content (AvgIpc) is 3.33. The van der Waals surface area contributed by atoms with Crippen molar-refractivity contribution in [1.29, 1.82) is 0 Å². The highest BCUT2D eigenvalue weighted by Crippen LogP contribution is 2.35. The van der Waals surface area contributed by atoms with E-state index in [1.807, 2.05) is 0 Å². The first-order valence-electron chi connectivity index (χ1n) is 10.6. The maximum atomic E-state index is 14.5. The smallest absolute Gasteiger partial charge is 0.243 e. The van der Waals surface area contributed by atoms with E-state index in [-0.39, 0.29) is 23.4 Å². The van der Waals surface area contributed by atoms with Gasteiger partial charge in [-0.25, -0.2) is 12.8 Å². The number of ether oxygens (including phenoxy) is 1. The molecule has 0 aliphatic heterocycles. The van der Waals surface area contributed by atoms with E-state index in [4.69, 9.17) is 4.74 Å². The average molecular weight is 460 g/mol. The highest BCUT2D eigenvalue weighted by atomic mass is 32.2. The van der Waals surface area contributed by atoms with Gasteiger partial charge < -0.3 is 4.74 Å². The molecule has 1 aliphatic rings. The minimum absolute atomic E-state index is 0.0267. The molecule has 1 fully saturated rings. The van der Waals surface area contributed by atoms with E-state index in [1.54, 1.807) is 24.3 Å². The Morgan fingerprint density at radius 3 is 2.66 bits per heavy atom. The largest absolute Gasteiger partial charge is 0.494 e. The zero-order chi connectivity index (χ0) is 22.7. The van der Waals surface area contributed by atoms with Crippen molar-refractivity contribution in [3.05, 3.63) is 60.2 Å². The summed E-state index contributed by atoms with van der Waals surface area (Å²) in [6.07, 6.45) is 5.10. The van der Waals surface area contributed by atoms with Crippen LogP contribution in [0, 0.1) is 11.7 Å². The third-order valence-corrected chi connectivity index (χ3v) is 7.94. The molecule has 2 atom stereocenters. The molecule has 1 heterocycles. The highest BCUT2D eigenvalue weighted by molar-refractivity contribution is 7.89. The summed E-state index contributed by atoms with van der Waals surface area (Å²) in [4.78, 5) is 0.0836. The Hall–Kier alpha value is -2.85. The fraction of sp³-hybridized carbons (Fsp3) is 0.409. The van der Waals surface area contributed by atoms with Crippen LogP contribution in [0.1, 0.15) is 38.2 Å². The molecule has 170 valence electrons. The number of nitrogens with zero attached hydrogens (tertiary/aromatic N) is 5. The molecule has 0 spiro atoms. The van der Waals surface area contributed by atoms with Crippen molar-refractivity contribution in [2.24, 2.45) is 5.92 Å². The van der Waals surface area contributed by atoms with E-state index < -0.39 is 15.8 Å². The number of aromatic nitrogens is 4. The Bertz CT molecular complexity index is 1170. The molecule has 4 rings (SSSR count). The Labute approximate surface area is 187 Å². The topological polar surface area (TPSA) is 90.2 Å². The predicted octanol–water partition coefficient (Wildman–Crippen LogP) is 3.58. The Morgan fingerprint density at radius 1 is 1.19 bits per heavy atom. The first-order chi connectivity index (χ1) is 15.4. The van der Waals surface area contributed by atoms with Gasteiger partial charge >= 0.3 is 0 Å². The van der Waals surface area contributed by atoms with Gasteiger partial charge in [-0.05, 0) is 47.4 Å². The van der Waals surface area contributed by atoms with E-state index in [2.05, 4.69) is 22.4 Å². The second-order valence-electron chi connectivity index (χ2n) is 8.06. The maximum absolute atomic E-state index is 14.5. The summed E-state index contributed by atoms with van der Waals surface area (Å²) in [6, 6.07) is 10.7. The number of sulfonamides is 1. The lowest BCUT2D eigenvalue weighted by Gasteiger charge is -2.38. The van der Waals surface area contributed by atoms with Gasteiger partial charge in [0.05, 0.1) is 12.0 Å². The van der Waals surface area contributed by atoms with Crippen LogP contribution in [0.4, 0.5) is 4.39 Å². The van der Waals surface area contributed by atoms with E-state index in [0.717, 1.165) is 25.7 Å². The monoisotopic (exact) mass is 459 g/mol. The molecule has 0 amide bonds. The van der Waals surface area contributed by atoms with E-state index in [1.165, 1.54) is 40.6 Å². The minimum atomic E-state index is -3.94. The number of halogens is 1. The normalized spacial score (nSPS) is 19.2. The lowest BCUT2D eigenvalue weighted by molar-refractivity contribution is 0.184. The number of hydrogen-bond acceptors (Lipinski definition) is 6. The van der Waals surface area contributed by atoms with Crippen LogP contribution in [0.15, 0.2) is 53.7 Å². The van der Waals surface area contributed by atoms with Gasteiger partial charge in [-0.1, -0.05) is 38.0 Å². The second-order valence-corrected chi connectivity index (χ2v) is 9.95. The van der Waals surface area contributed by atoms with E-state index in [9.17, 15) is 12.8 Å². The minimum Gasteiger partial charge on any atom is -0.494 e. The summed E-state index contributed by atoms with van der Waals surface area (Å²) in [6.45, 7) is 2.04. The van der Waals surface area contributed by atoms with Crippen LogP contribution >= 0.6 is 0 Å². The first-order valence-corrected chi connectivity index (χ1v) is 12.0.